The lowest BCUT2D eigenvalue weighted by atomic mass is 10.1. The number of nitrogens with two attached hydrogens (primary N) is 1. The Morgan fingerprint density at radius 2 is 2.40 bits per heavy atom. The molecule has 1 heterocycles. The van der Waals surface area contributed by atoms with Gasteiger partial charge >= 0.3 is 0 Å². The van der Waals surface area contributed by atoms with Crippen LogP contribution in [-0.4, -0.2) is 28.1 Å². The lowest BCUT2D eigenvalue weighted by Crippen LogP contribution is -2.26. The van der Waals surface area contributed by atoms with Crippen LogP contribution in [0.25, 0.3) is 0 Å². The van der Waals surface area contributed by atoms with Crippen LogP contribution < -0.4 is 11.1 Å². The Kier molecular flexibility index (Phi) is 3.02. The number of nitrogens with zero attached hydrogens (tertiary/aromatic N) is 3. The average molecular weight is 209 g/mol. The Labute approximate surface area is 90.0 Å². The van der Waals surface area contributed by atoms with Crippen molar-refractivity contribution < 1.29 is 0 Å². The van der Waals surface area contributed by atoms with Gasteiger partial charge in [-0.2, -0.15) is 0 Å². The van der Waals surface area contributed by atoms with Gasteiger partial charge in [0.2, 0.25) is 0 Å². The predicted molar refractivity (Wildman–Crippen MR) is 58.1 cm³/mol. The lowest BCUT2D eigenvalue weighted by molar-refractivity contribution is 0.469. The van der Waals surface area contributed by atoms with Gasteiger partial charge in [0.25, 0.3) is 0 Å². The van der Waals surface area contributed by atoms with Gasteiger partial charge in [0.15, 0.2) is 0 Å². The van der Waals surface area contributed by atoms with Gasteiger partial charge in [-0.1, -0.05) is 12.1 Å². The second-order valence-corrected chi connectivity index (χ2v) is 4.66. The number of aromatic nitrogens is 3. The van der Waals surface area contributed by atoms with E-state index < -0.39 is 0 Å². The SMILES string of the molecule is CC1(CNCCn2cc(CN)nn2)CC1. The van der Waals surface area contributed by atoms with Crippen molar-refractivity contribution >= 4 is 0 Å². The zero-order valence-electron chi connectivity index (χ0n) is 9.24. The van der Waals surface area contributed by atoms with Gasteiger partial charge in [0.1, 0.15) is 0 Å². The third kappa shape index (κ3) is 3.00. The second kappa shape index (κ2) is 4.28. The van der Waals surface area contributed by atoms with Crippen LogP contribution in [0.5, 0.6) is 0 Å². The third-order valence-corrected chi connectivity index (χ3v) is 2.97. The topological polar surface area (TPSA) is 68.8 Å². The highest BCUT2D eigenvalue weighted by molar-refractivity contribution is 4.91. The molecule has 5 heteroatoms. The van der Waals surface area contributed by atoms with Crippen molar-refractivity contribution in [2.45, 2.75) is 32.9 Å². The molecule has 0 amide bonds. The molecule has 1 aliphatic carbocycles. The van der Waals surface area contributed by atoms with E-state index in [-0.39, 0.29) is 0 Å². The van der Waals surface area contributed by atoms with E-state index in [1.54, 1.807) is 0 Å². The monoisotopic (exact) mass is 209 g/mol. The molecule has 0 atom stereocenters. The van der Waals surface area contributed by atoms with E-state index in [0.29, 0.717) is 12.0 Å². The maximum absolute atomic E-state index is 5.45. The first-order valence-corrected chi connectivity index (χ1v) is 5.52. The van der Waals surface area contributed by atoms with Gasteiger partial charge in [-0.05, 0) is 18.3 Å². The number of hydrogen-bond acceptors (Lipinski definition) is 4. The van der Waals surface area contributed by atoms with E-state index in [4.69, 9.17) is 5.73 Å². The number of rotatable bonds is 6. The van der Waals surface area contributed by atoms with E-state index in [0.717, 1.165) is 25.3 Å². The number of nitrogens with one attached hydrogen (secondary N) is 1. The molecule has 0 unspecified atom stereocenters. The van der Waals surface area contributed by atoms with Crippen LogP contribution in [-0.2, 0) is 13.1 Å². The third-order valence-electron chi connectivity index (χ3n) is 2.97. The van der Waals surface area contributed by atoms with E-state index >= 15 is 0 Å². The predicted octanol–water partition coefficient (Wildman–Crippen LogP) is 0.126. The van der Waals surface area contributed by atoms with E-state index in [2.05, 4.69) is 22.6 Å². The minimum Gasteiger partial charge on any atom is -0.325 e. The first-order chi connectivity index (χ1) is 7.22. The van der Waals surface area contributed by atoms with Crippen molar-refractivity contribution in [3.05, 3.63) is 11.9 Å². The van der Waals surface area contributed by atoms with Crippen LogP contribution in [0.1, 0.15) is 25.5 Å². The summed E-state index contributed by atoms with van der Waals surface area (Å²) in [5, 5.41) is 11.4. The molecule has 84 valence electrons. The highest BCUT2D eigenvalue weighted by Crippen LogP contribution is 2.43. The smallest absolute Gasteiger partial charge is 0.0962 e. The summed E-state index contributed by atoms with van der Waals surface area (Å²) < 4.78 is 1.84. The average Bonchev–Trinajstić information content (AvgIpc) is 2.81. The Balaban J connectivity index is 1.64. The van der Waals surface area contributed by atoms with Crippen LogP contribution >= 0.6 is 0 Å². The van der Waals surface area contributed by atoms with Crippen LogP contribution in [0, 0.1) is 5.41 Å². The van der Waals surface area contributed by atoms with E-state index in [1.807, 2.05) is 10.9 Å². The molecule has 15 heavy (non-hydrogen) atoms. The van der Waals surface area contributed by atoms with Crippen molar-refractivity contribution in [1.29, 1.82) is 0 Å². The van der Waals surface area contributed by atoms with Crippen molar-refractivity contribution in [2.24, 2.45) is 11.1 Å². The molecule has 1 saturated carbocycles. The molecular weight excluding hydrogens is 190 g/mol. The molecule has 5 nitrogen and oxygen atoms in total. The largest absolute Gasteiger partial charge is 0.325 e. The Morgan fingerprint density at radius 3 is 3.00 bits per heavy atom. The molecule has 3 N–H and O–H groups in total. The van der Waals surface area contributed by atoms with Gasteiger partial charge in [0.05, 0.1) is 12.2 Å². The highest BCUT2D eigenvalue weighted by atomic mass is 15.4. The normalized spacial score (nSPS) is 18.0. The van der Waals surface area contributed by atoms with Crippen LogP contribution in [0.4, 0.5) is 0 Å². The van der Waals surface area contributed by atoms with Gasteiger partial charge < -0.3 is 11.1 Å². The lowest BCUT2D eigenvalue weighted by Gasteiger charge is -2.09. The summed E-state index contributed by atoms with van der Waals surface area (Å²) in [5.74, 6) is 0. The van der Waals surface area contributed by atoms with Crippen molar-refractivity contribution in [3.63, 3.8) is 0 Å². The Morgan fingerprint density at radius 1 is 1.60 bits per heavy atom. The summed E-state index contributed by atoms with van der Waals surface area (Å²) >= 11 is 0. The first kappa shape index (κ1) is 10.6. The summed E-state index contributed by atoms with van der Waals surface area (Å²) in [7, 11) is 0. The Hall–Kier alpha value is -0.940. The molecule has 0 aliphatic heterocycles. The molecule has 0 bridgehead atoms. The van der Waals surface area contributed by atoms with Crippen molar-refractivity contribution in [2.75, 3.05) is 13.1 Å². The molecule has 1 aromatic heterocycles. The minimum absolute atomic E-state index is 0.464. The van der Waals surface area contributed by atoms with Crippen molar-refractivity contribution in [3.8, 4) is 0 Å². The van der Waals surface area contributed by atoms with E-state index in [1.165, 1.54) is 12.8 Å². The molecule has 1 aliphatic rings. The summed E-state index contributed by atoms with van der Waals surface area (Å²) in [6, 6.07) is 0. The fourth-order valence-corrected chi connectivity index (χ4v) is 1.52. The molecular formula is C10H19N5. The zero-order valence-corrected chi connectivity index (χ0v) is 9.24. The summed E-state index contributed by atoms with van der Waals surface area (Å²) in [4.78, 5) is 0. The van der Waals surface area contributed by atoms with Crippen LogP contribution in [0.2, 0.25) is 0 Å². The molecule has 0 spiro atoms. The van der Waals surface area contributed by atoms with Crippen LogP contribution in [0.15, 0.2) is 6.20 Å². The quantitative estimate of drug-likeness (QED) is 0.653. The molecule has 1 aromatic rings. The van der Waals surface area contributed by atoms with Gasteiger partial charge in [0, 0.05) is 25.8 Å². The molecule has 1 fully saturated rings. The standard InChI is InChI=1S/C10H19N5/c1-10(2-3-10)8-12-4-5-15-7-9(6-11)13-14-15/h7,12H,2-6,8,11H2,1H3. The molecule has 0 radical (unpaired) electrons. The van der Waals surface area contributed by atoms with Gasteiger partial charge in [-0.3, -0.25) is 4.68 Å². The van der Waals surface area contributed by atoms with Crippen molar-refractivity contribution in [1.82, 2.24) is 20.3 Å². The molecule has 0 aromatic carbocycles. The molecule has 0 saturated heterocycles. The Bertz CT molecular complexity index is 315. The second-order valence-electron chi connectivity index (χ2n) is 4.66. The van der Waals surface area contributed by atoms with Gasteiger partial charge in [-0.25, -0.2) is 0 Å². The first-order valence-electron chi connectivity index (χ1n) is 5.52. The fraction of sp³-hybridized carbons (Fsp3) is 0.800. The van der Waals surface area contributed by atoms with Crippen LogP contribution in [0.3, 0.4) is 0 Å². The zero-order chi connectivity index (χ0) is 10.7. The fourth-order valence-electron chi connectivity index (χ4n) is 1.52. The van der Waals surface area contributed by atoms with Gasteiger partial charge in [-0.15, -0.1) is 5.10 Å². The molecule has 2 rings (SSSR count). The number of hydrogen-bond donors (Lipinski definition) is 2. The summed E-state index contributed by atoms with van der Waals surface area (Å²) in [6.07, 6.45) is 4.63. The van der Waals surface area contributed by atoms with E-state index in [9.17, 15) is 0 Å². The maximum Gasteiger partial charge on any atom is 0.0962 e. The highest BCUT2D eigenvalue weighted by Gasteiger charge is 2.36. The minimum atomic E-state index is 0.464. The summed E-state index contributed by atoms with van der Waals surface area (Å²) in [6.45, 7) is 5.71. The summed E-state index contributed by atoms with van der Waals surface area (Å²) in [5.41, 5.74) is 6.88. The maximum atomic E-state index is 5.45.